The molecule has 0 atom stereocenters. The molecule has 0 aliphatic heterocycles. The number of hydrogen-bond donors (Lipinski definition) is 1. The maximum absolute atomic E-state index is 9.27. The molecule has 2 rings (SSSR count). The maximum Gasteiger partial charge on any atom is 0.238 e. The summed E-state index contributed by atoms with van der Waals surface area (Å²) in [5, 5.41) is 9.27. The Labute approximate surface area is 93.6 Å². The van der Waals surface area contributed by atoms with Gasteiger partial charge in [-0.3, -0.25) is 4.98 Å². The summed E-state index contributed by atoms with van der Waals surface area (Å²) in [7, 11) is 0. The van der Waals surface area contributed by atoms with E-state index in [1.165, 1.54) is 6.07 Å². The lowest BCUT2D eigenvalue weighted by Gasteiger charge is -2.06. The molecule has 0 fully saturated rings. The van der Waals surface area contributed by atoms with Crippen molar-refractivity contribution in [1.82, 2.24) is 9.97 Å². The Kier molecular flexibility index (Phi) is 2.72. The number of benzene rings is 1. The highest BCUT2D eigenvalue weighted by Crippen LogP contribution is 2.22. The normalized spacial score (nSPS) is 10.1. The fourth-order valence-electron chi connectivity index (χ4n) is 1.24. The first-order valence-corrected chi connectivity index (χ1v) is 4.92. The smallest absolute Gasteiger partial charge is 0.238 e. The van der Waals surface area contributed by atoms with Crippen LogP contribution in [-0.4, -0.2) is 15.1 Å². The number of aryl methyl sites for hydroxylation is 2. The van der Waals surface area contributed by atoms with E-state index in [2.05, 4.69) is 9.97 Å². The highest BCUT2D eigenvalue weighted by molar-refractivity contribution is 5.34. The van der Waals surface area contributed by atoms with Gasteiger partial charge in [0.1, 0.15) is 11.5 Å². The average Bonchev–Trinajstić information content (AvgIpc) is 2.24. The standard InChI is InChI=1S/C12H12N2O2/c1-8-9(2)14-12(7-13-8)16-11-5-3-4-10(15)6-11/h3-7,15H,1-2H3. The zero-order valence-corrected chi connectivity index (χ0v) is 9.14. The SMILES string of the molecule is Cc1ncc(Oc2cccc(O)c2)nc1C. The third-order valence-electron chi connectivity index (χ3n) is 2.21. The van der Waals surface area contributed by atoms with Crippen molar-refractivity contribution in [3.8, 4) is 17.4 Å². The van der Waals surface area contributed by atoms with Crippen LogP contribution in [0, 0.1) is 13.8 Å². The maximum atomic E-state index is 9.27. The third-order valence-corrected chi connectivity index (χ3v) is 2.21. The van der Waals surface area contributed by atoms with E-state index in [9.17, 15) is 5.11 Å². The van der Waals surface area contributed by atoms with Crippen LogP contribution in [0.1, 0.15) is 11.4 Å². The first-order valence-electron chi connectivity index (χ1n) is 4.92. The number of ether oxygens (including phenoxy) is 1. The van der Waals surface area contributed by atoms with Crippen LogP contribution in [0.3, 0.4) is 0 Å². The molecule has 0 aliphatic rings. The van der Waals surface area contributed by atoms with Crippen molar-refractivity contribution in [1.29, 1.82) is 0 Å². The van der Waals surface area contributed by atoms with Gasteiger partial charge in [0.25, 0.3) is 0 Å². The van der Waals surface area contributed by atoms with Crippen molar-refractivity contribution < 1.29 is 9.84 Å². The van der Waals surface area contributed by atoms with E-state index in [0.717, 1.165) is 11.4 Å². The van der Waals surface area contributed by atoms with E-state index in [4.69, 9.17) is 4.74 Å². The second kappa shape index (κ2) is 4.18. The van der Waals surface area contributed by atoms with Crippen molar-refractivity contribution in [2.45, 2.75) is 13.8 Å². The molecule has 0 amide bonds. The number of aromatic hydroxyl groups is 1. The molecule has 4 heteroatoms. The van der Waals surface area contributed by atoms with E-state index in [-0.39, 0.29) is 5.75 Å². The van der Waals surface area contributed by atoms with Crippen molar-refractivity contribution in [3.63, 3.8) is 0 Å². The first-order chi connectivity index (χ1) is 7.65. The van der Waals surface area contributed by atoms with Gasteiger partial charge < -0.3 is 9.84 Å². The van der Waals surface area contributed by atoms with Crippen molar-refractivity contribution in [2.75, 3.05) is 0 Å². The molecule has 1 aromatic carbocycles. The Morgan fingerprint density at radius 3 is 2.69 bits per heavy atom. The lowest BCUT2D eigenvalue weighted by molar-refractivity contribution is 0.442. The highest BCUT2D eigenvalue weighted by Gasteiger charge is 2.02. The quantitative estimate of drug-likeness (QED) is 0.838. The van der Waals surface area contributed by atoms with Crippen molar-refractivity contribution >= 4 is 0 Å². The summed E-state index contributed by atoms with van der Waals surface area (Å²) in [5.41, 5.74) is 1.71. The molecule has 0 radical (unpaired) electrons. The lowest BCUT2D eigenvalue weighted by atomic mass is 10.3. The molecule has 0 unspecified atom stereocenters. The number of rotatable bonds is 2. The summed E-state index contributed by atoms with van der Waals surface area (Å²) < 4.78 is 5.46. The van der Waals surface area contributed by atoms with Gasteiger partial charge in [-0.05, 0) is 26.0 Å². The Hall–Kier alpha value is -2.10. The number of phenols is 1. The predicted octanol–water partition coefficient (Wildman–Crippen LogP) is 2.59. The van der Waals surface area contributed by atoms with Crippen LogP contribution in [0.15, 0.2) is 30.5 Å². The average molecular weight is 216 g/mol. The molecule has 82 valence electrons. The minimum absolute atomic E-state index is 0.161. The van der Waals surface area contributed by atoms with E-state index in [1.54, 1.807) is 24.4 Å². The Balaban J connectivity index is 2.24. The van der Waals surface area contributed by atoms with Crippen LogP contribution >= 0.6 is 0 Å². The van der Waals surface area contributed by atoms with Gasteiger partial charge in [0.15, 0.2) is 0 Å². The third kappa shape index (κ3) is 2.28. The summed E-state index contributed by atoms with van der Waals surface area (Å²) in [6, 6.07) is 6.56. The predicted molar refractivity (Wildman–Crippen MR) is 59.7 cm³/mol. The summed E-state index contributed by atoms with van der Waals surface area (Å²) in [4.78, 5) is 8.38. The van der Waals surface area contributed by atoms with Crippen LogP contribution < -0.4 is 4.74 Å². The van der Waals surface area contributed by atoms with Crippen LogP contribution in [0.5, 0.6) is 17.4 Å². The van der Waals surface area contributed by atoms with Crippen LogP contribution in [0.4, 0.5) is 0 Å². The van der Waals surface area contributed by atoms with Gasteiger partial charge in [0.05, 0.1) is 17.6 Å². The molecule has 1 aromatic heterocycles. The molecular weight excluding hydrogens is 204 g/mol. The molecule has 2 aromatic rings. The Bertz CT molecular complexity index is 512. The summed E-state index contributed by atoms with van der Waals surface area (Å²) in [5.74, 6) is 1.13. The zero-order valence-electron chi connectivity index (χ0n) is 9.14. The molecule has 0 aliphatic carbocycles. The van der Waals surface area contributed by atoms with E-state index >= 15 is 0 Å². The number of hydrogen-bond acceptors (Lipinski definition) is 4. The van der Waals surface area contributed by atoms with Gasteiger partial charge in [-0.2, -0.15) is 0 Å². The van der Waals surface area contributed by atoms with Gasteiger partial charge in [-0.1, -0.05) is 6.07 Å². The largest absolute Gasteiger partial charge is 0.508 e. The summed E-state index contributed by atoms with van der Waals surface area (Å²) in [6.07, 6.45) is 1.56. The van der Waals surface area contributed by atoms with Gasteiger partial charge in [0.2, 0.25) is 5.88 Å². The minimum atomic E-state index is 0.161. The van der Waals surface area contributed by atoms with Crippen molar-refractivity contribution in [2.24, 2.45) is 0 Å². The lowest BCUT2D eigenvalue weighted by Crippen LogP contribution is -1.94. The number of phenolic OH excluding ortho intramolecular Hbond substituents is 1. The van der Waals surface area contributed by atoms with Gasteiger partial charge in [-0.25, -0.2) is 4.98 Å². The monoisotopic (exact) mass is 216 g/mol. The topological polar surface area (TPSA) is 55.2 Å². The number of aromatic nitrogens is 2. The zero-order chi connectivity index (χ0) is 11.5. The van der Waals surface area contributed by atoms with Crippen LogP contribution in [0.25, 0.3) is 0 Å². The molecule has 1 heterocycles. The number of nitrogens with zero attached hydrogens (tertiary/aromatic N) is 2. The van der Waals surface area contributed by atoms with Crippen molar-refractivity contribution in [3.05, 3.63) is 41.9 Å². The van der Waals surface area contributed by atoms with E-state index < -0.39 is 0 Å². The molecule has 0 saturated heterocycles. The molecule has 0 saturated carbocycles. The molecular formula is C12H12N2O2. The molecule has 0 spiro atoms. The van der Waals surface area contributed by atoms with Crippen LogP contribution in [-0.2, 0) is 0 Å². The van der Waals surface area contributed by atoms with Crippen LogP contribution in [0.2, 0.25) is 0 Å². The second-order valence-electron chi connectivity index (χ2n) is 3.48. The first kappa shape index (κ1) is 10.4. The molecule has 4 nitrogen and oxygen atoms in total. The minimum Gasteiger partial charge on any atom is -0.508 e. The van der Waals surface area contributed by atoms with E-state index in [1.807, 2.05) is 13.8 Å². The van der Waals surface area contributed by atoms with Gasteiger partial charge in [-0.15, -0.1) is 0 Å². The Morgan fingerprint density at radius 1 is 1.19 bits per heavy atom. The fourth-order valence-corrected chi connectivity index (χ4v) is 1.24. The fraction of sp³-hybridized carbons (Fsp3) is 0.167. The molecule has 16 heavy (non-hydrogen) atoms. The summed E-state index contributed by atoms with van der Waals surface area (Å²) >= 11 is 0. The molecule has 1 N–H and O–H groups in total. The molecule has 0 bridgehead atoms. The second-order valence-corrected chi connectivity index (χ2v) is 3.48. The highest BCUT2D eigenvalue weighted by atomic mass is 16.5. The van der Waals surface area contributed by atoms with E-state index in [0.29, 0.717) is 11.6 Å². The van der Waals surface area contributed by atoms with Gasteiger partial charge >= 0.3 is 0 Å². The summed E-state index contributed by atoms with van der Waals surface area (Å²) in [6.45, 7) is 3.76. The Morgan fingerprint density at radius 2 is 2.00 bits per heavy atom. The van der Waals surface area contributed by atoms with Gasteiger partial charge in [0, 0.05) is 6.07 Å².